The topological polar surface area (TPSA) is 71.1 Å². The van der Waals surface area contributed by atoms with E-state index in [4.69, 9.17) is 0 Å². The first-order valence-corrected chi connectivity index (χ1v) is 7.43. The normalized spacial score (nSPS) is 11.5. The van der Waals surface area contributed by atoms with E-state index in [0.717, 1.165) is 24.9 Å². The summed E-state index contributed by atoms with van der Waals surface area (Å²) in [5.74, 6) is 0.989. The van der Waals surface area contributed by atoms with E-state index in [0.29, 0.717) is 11.7 Å². The molecule has 0 bridgehead atoms. The molecule has 0 saturated heterocycles. The first-order chi connectivity index (χ1) is 7.87. The third-order valence-electron chi connectivity index (χ3n) is 2.10. The van der Waals surface area contributed by atoms with E-state index in [1.165, 1.54) is 0 Å². The Morgan fingerprint density at radius 1 is 1.35 bits per heavy atom. The van der Waals surface area contributed by atoms with E-state index < -0.39 is 10.0 Å². The molecule has 0 fully saturated rings. The van der Waals surface area contributed by atoms with Gasteiger partial charge in [0.25, 0.3) is 0 Å². The Kier molecular flexibility index (Phi) is 4.74. The van der Waals surface area contributed by atoms with Gasteiger partial charge in [-0.3, -0.25) is 4.72 Å². The van der Waals surface area contributed by atoms with Crippen LogP contribution in [0.25, 0.3) is 0 Å². The molecule has 1 heterocycles. The standard InChI is InChI=1S/C11H19N3O2S/c1-9(2)6-7-12-10-4-5-11(13-8-10)14-17(3,15)16/h4-5,8-9,12H,6-7H2,1-3H3,(H,13,14). The van der Waals surface area contributed by atoms with Crippen LogP contribution in [-0.2, 0) is 10.0 Å². The smallest absolute Gasteiger partial charge is 0.230 e. The summed E-state index contributed by atoms with van der Waals surface area (Å²) in [5, 5.41) is 3.23. The minimum atomic E-state index is -3.25. The van der Waals surface area contributed by atoms with Crippen molar-refractivity contribution in [2.24, 2.45) is 5.92 Å². The van der Waals surface area contributed by atoms with Crippen molar-refractivity contribution in [3.8, 4) is 0 Å². The summed E-state index contributed by atoms with van der Waals surface area (Å²) in [7, 11) is -3.25. The number of nitrogens with one attached hydrogen (secondary N) is 2. The van der Waals surface area contributed by atoms with Crippen LogP contribution in [-0.4, -0.2) is 26.2 Å². The van der Waals surface area contributed by atoms with Crippen LogP contribution in [0.4, 0.5) is 11.5 Å². The van der Waals surface area contributed by atoms with Crippen molar-refractivity contribution in [2.45, 2.75) is 20.3 Å². The maximum Gasteiger partial charge on any atom is 0.230 e. The number of hydrogen-bond acceptors (Lipinski definition) is 4. The average Bonchev–Trinajstić information content (AvgIpc) is 2.18. The van der Waals surface area contributed by atoms with Gasteiger partial charge in [0.05, 0.1) is 18.1 Å². The van der Waals surface area contributed by atoms with Crippen LogP contribution in [0.3, 0.4) is 0 Å². The van der Waals surface area contributed by atoms with Gasteiger partial charge in [0, 0.05) is 6.54 Å². The van der Waals surface area contributed by atoms with Crippen molar-refractivity contribution >= 4 is 21.5 Å². The fourth-order valence-electron chi connectivity index (χ4n) is 1.25. The Morgan fingerprint density at radius 3 is 2.53 bits per heavy atom. The van der Waals surface area contributed by atoms with E-state index in [9.17, 15) is 8.42 Å². The lowest BCUT2D eigenvalue weighted by Gasteiger charge is -2.08. The Hall–Kier alpha value is -1.30. The largest absolute Gasteiger partial charge is 0.384 e. The number of pyridine rings is 1. The minimum Gasteiger partial charge on any atom is -0.384 e. The fourth-order valence-corrected chi connectivity index (χ4v) is 1.75. The SMILES string of the molecule is CC(C)CCNc1ccc(NS(C)(=O)=O)nc1. The summed E-state index contributed by atoms with van der Waals surface area (Å²) in [5.41, 5.74) is 0.893. The molecule has 0 unspecified atom stereocenters. The molecule has 17 heavy (non-hydrogen) atoms. The maximum absolute atomic E-state index is 11.0. The van der Waals surface area contributed by atoms with E-state index in [2.05, 4.69) is 28.9 Å². The lowest BCUT2D eigenvalue weighted by Crippen LogP contribution is -2.11. The van der Waals surface area contributed by atoms with Crippen LogP contribution in [0.2, 0.25) is 0 Å². The van der Waals surface area contributed by atoms with E-state index in [1.807, 2.05) is 0 Å². The van der Waals surface area contributed by atoms with Crippen LogP contribution in [0.15, 0.2) is 18.3 Å². The maximum atomic E-state index is 11.0. The van der Waals surface area contributed by atoms with Crippen molar-refractivity contribution in [1.82, 2.24) is 4.98 Å². The fraction of sp³-hybridized carbons (Fsp3) is 0.545. The monoisotopic (exact) mass is 257 g/mol. The van der Waals surface area contributed by atoms with Gasteiger partial charge in [-0.1, -0.05) is 13.8 Å². The minimum absolute atomic E-state index is 0.335. The Labute approximate surface area is 103 Å². The number of rotatable bonds is 6. The molecule has 1 aromatic heterocycles. The molecule has 0 aliphatic rings. The van der Waals surface area contributed by atoms with Crippen LogP contribution >= 0.6 is 0 Å². The first kappa shape index (κ1) is 13.8. The molecule has 96 valence electrons. The van der Waals surface area contributed by atoms with E-state index >= 15 is 0 Å². The van der Waals surface area contributed by atoms with Gasteiger partial charge in [-0.05, 0) is 24.5 Å². The molecule has 0 radical (unpaired) electrons. The zero-order chi connectivity index (χ0) is 12.9. The number of hydrogen-bond donors (Lipinski definition) is 2. The molecule has 0 aromatic carbocycles. The second kappa shape index (κ2) is 5.86. The third kappa shape index (κ3) is 6.11. The van der Waals surface area contributed by atoms with Crippen LogP contribution in [0.5, 0.6) is 0 Å². The average molecular weight is 257 g/mol. The highest BCUT2D eigenvalue weighted by molar-refractivity contribution is 7.92. The van der Waals surface area contributed by atoms with Gasteiger partial charge < -0.3 is 5.32 Å². The van der Waals surface area contributed by atoms with Crippen molar-refractivity contribution in [2.75, 3.05) is 22.8 Å². The zero-order valence-electron chi connectivity index (χ0n) is 10.4. The highest BCUT2D eigenvalue weighted by atomic mass is 32.2. The van der Waals surface area contributed by atoms with E-state index in [-0.39, 0.29) is 0 Å². The second-order valence-electron chi connectivity index (χ2n) is 4.42. The van der Waals surface area contributed by atoms with Gasteiger partial charge in [0.1, 0.15) is 5.82 Å². The Morgan fingerprint density at radius 2 is 2.06 bits per heavy atom. The summed E-state index contributed by atoms with van der Waals surface area (Å²) >= 11 is 0. The molecule has 6 heteroatoms. The lowest BCUT2D eigenvalue weighted by molar-refractivity contribution is 0.606. The van der Waals surface area contributed by atoms with Gasteiger partial charge in [-0.2, -0.15) is 0 Å². The van der Waals surface area contributed by atoms with Crippen molar-refractivity contribution in [3.63, 3.8) is 0 Å². The van der Waals surface area contributed by atoms with Crippen LogP contribution < -0.4 is 10.0 Å². The molecule has 0 spiro atoms. The van der Waals surface area contributed by atoms with Gasteiger partial charge >= 0.3 is 0 Å². The number of aromatic nitrogens is 1. The highest BCUT2D eigenvalue weighted by Gasteiger charge is 2.02. The quantitative estimate of drug-likeness (QED) is 0.816. The van der Waals surface area contributed by atoms with Crippen molar-refractivity contribution in [3.05, 3.63) is 18.3 Å². The van der Waals surface area contributed by atoms with Crippen molar-refractivity contribution in [1.29, 1.82) is 0 Å². The predicted molar refractivity (Wildman–Crippen MR) is 70.6 cm³/mol. The van der Waals surface area contributed by atoms with Gasteiger partial charge in [0.15, 0.2) is 0 Å². The lowest BCUT2D eigenvalue weighted by atomic mass is 10.1. The predicted octanol–water partition coefficient (Wildman–Crippen LogP) is 1.91. The summed E-state index contributed by atoms with van der Waals surface area (Å²) in [6, 6.07) is 3.44. The molecule has 0 saturated carbocycles. The molecule has 1 aromatic rings. The number of nitrogens with zero attached hydrogens (tertiary/aromatic N) is 1. The molecule has 0 amide bonds. The number of sulfonamides is 1. The van der Waals surface area contributed by atoms with E-state index in [1.54, 1.807) is 18.3 Å². The zero-order valence-corrected chi connectivity index (χ0v) is 11.2. The second-order valence-corrected chi connectivity index (χ2v) is 6.16. The molecule has 0 atom stereocenters. The molecular weight excluding hydrogens is 238 g/mol. The Balaban J connectivity index is 2.50. The van der Waals surface area contributed by atoms with Crippen molar-refractivity contribution < 1.29 is 8.42 Å². The summed E-state index contributed by atoms with van der Waals surface area (Å²) < 4.78 is 24.2. The molecule has 0 aliphatic heterocycles. The Bertz CT molecular complexity index is 440. The summed E-state index contributed by atoms with van der Waals surface area (Å²) in [6.07, 6.45) is 3.81. The third-order valence-corrected chi connectivity index (χ3v) is 2.68. The van der Waals surface area contributed by atoms with Crippen LogP contribution in [0.1, 0.15) is 20.3 Å². The van der Waals surface area contributed by atoms with Gasteiger partial charge in [-0.15, -0.1) is 0 Å². The molecule has 5 nitrogen and oxygen atoms in total. The molecule has 1 rings (SSSR count). The summed E-state index contributed by atoms with van der Waals surface area (Å²) in [4.78, 5) is 4.01. The molecule has 0 aliphatic carbocycles. The number of anilines is 2. The summed E-state index contributed by atoms with van der Waals surface area (Å²) in [6.45, 7) is 5.22. The van der Waals surface area contributed by atoms with Crippen LogP contribution in [0, 0.1) is 5.92 Å². The van der Waals surface area contributed by atoms with Gasteiger partial charge in [0.2, 0.25) is 10.0 Å². The molecular formula is C11H19N3O2S. The van der Waals surface area contributed by atoms with Gasteiger partial charge in [-0.25, -0.2) is 13.4 Å². The molecule has 2 N–H and O–H groups in total. The first-order valence-electron chi connectivity index (χ1n) is 5.54. The highest BCUT2D eigenvalue weighted by Crippen LogP contribution is 2.11.